The second-order valence-electron chi connectivity index (χ2n) is 6.27. The number of carbonyl (C=O) groups is 1. The Morgan fingerprint density at radius 3 is 2.35 bits per heavy atom. The Balaban J connectivity index is 0.00000338. The van der Waals surface area contributed by atoms with Crippen LogP contribution in [-0.2, 0) is 11.3 Å². The Hall–Kier alpha value is -1.66. The van der Waals surface area contributed by atoms with Crippen molar-refractivity contribution < 1.29 is 19.0 Å². The van der Waals surface area contributed by atoms with E-state index in [1.165, 1.54) is 12.8 Å². The highest BCUT2D eigenvalue weighted by Gasteiger charge is 2.16. The van der Waals surface area contributed by atoms with Gasteiger partial charge in [0.1, 0.15) is 0 Å². The molecule has 0 unspecified atom stereocenters. The van der Waals surface area contributed by atoms with Gasteiger partial charge in [-0.05, 0) is 62.9 Å². The summed E-state index contributed by atoms with van der Waals surface area (Å²) in [5.41, 5.74) is 0.923. The third-order valence-corrected chi connectivity index (χ3v) is 4.54. The number of rotatable bonds is 9. The molecule has 1 aliphatic heterocycles. The normalized spacial score (nSPS) is 14.3. The number of piperidine rings is 1. The summed E-state index contributed by atoms with van der Waals surface area (Å²) in [5.74, 6) is 2.57. The molecule has 0 radical (unpaired) electrons. The SMILES string of the molecule is CCOc1c(OC)cc(CNC(=O)CCC2CCNCC2)cc1OC.Cl. The van der Waals surface area contributed by atoms with E-state index in [4.69, 9.17) is 14.2 Å². The van der Waals surface area contributed by atoms with Gasteiger partial charge in [0.15, 0.2) is 11.5 Å². The van der Waals surface area contributed by atoms with E-state index in [2.05, 4.69) is 10.6 Å². The molecule has 0 bridgehead atoms. The van der Waals surface area contributed by atoms with Crippen LogP contribution in [0.3, 0.4) is 0 Å². The molecule has 0 atom stereocenters. The molecule has 2 N–H and O–H groups in total. The van der Waals surface area contributed by atoms with E-state index in [9.17, 15) is 4.79 Å². The summed E-state index contributed by atoms with van der Waals surface area (Å²) in [6.45, 7) is 5.02. The molecule has 6 nitrogen and oxygen atoms in total. The van der Waals surface area contributed by atoms with Crippen LogP contribution < -0.4 is 24.8 Å². The number of halogens is 1. The topological polar surface area (TPSA) is 68.8 Å². The van der Waals surface area contributed by atoms with Crippen LogP contribution in [0.15, 0.2) is 12.1 Å². The van der Waals surface area contributed by atoms with E-state index in [0.29, 0.717) is 42.7 Å². The number of carbonyl (C=O) groups excluding carboxylic acids is 1. The number of benzene rings is 1. The summed E-state index contributed by atoms with van der Waals surface area (Å²) in [4.78, 5) is 12.1. The maximum atomic E-state index is 12.1. The van der Waals surface area contributed by atoms with Crippen LogP contribution in [0.1, 0.15) is 38.2 Å². The van der Waals surface area contributed by atoms with Gasteiger partial charge in [0, 0.05) is 13.0 Å². The fourth-order valence-corrected chi connectivity index (χ4v) is 3.12. The van der Waals surface area contributed by atoms with Crippen LogP contribution in [0.5, 0.6) is 17.2 Å². The lowest BCUT2D eigenvalue weighted by Crippen LogP contribution is -2.29. The lowest BCUT2D eigenvalue weighted by Gasteiger charge is -2.22. The second-order valence-corrected chi connectivity index (χ2v) is 6.27. The Morgan fingerprint density at radius 2 is 1.81 bits per heavy atom. The Bertz CT molecular complexity index is 537. The highest BCUT2D eigenvalue weighted by Crippen LogP contribution is 2.38. The van der Waals surface area contributed by atoms with Gasteiger partial charge < -0.3 is 24.8 Å². The van der Waals surface area contributed by atoms with Crippen molar-refractivity contribution >= 4 is 18.3 Å². The zero-order valence-corrected chi connectivity index (χ0v) is 16.7. The standard InChI is InChI=1S/C19H30N2O4.ClH/c1-4-25-19-16(23-2)11-15(12-17(19)24-3)13-21-18(22)6-5-14-7-9-20-10-8-14;/h11-12,14,20H,4-10,13H2,1-3H3,(H,21,22);1H. The molecule has 1 aromatic rings. The quantitative estimate of drug-likeness (QED) is 0.683. The number of hydrogen-bond donors (Lipinski definition) is 2. The molecule has 7 heteroatoms. The zero-order valence-electron chi connectivity index (χ0n) is 15.9. The summed E-state index contributed by atoms with van der Waals surface area (Å²) in [7, 11) is 3.19. The summed E-state index contributed by atoms with van der Waals surface area (Å²) in [6, 6.07) is 3.75. The van der Waals surface area contributed by atoms with Crippen molar-refractivity contribution in [3.05, 3.63) is 17.7 Å². The molecule has 26 heavy (non-hydrogen) atoms. The van der Waals surface area contributed by atoms with Crippen LogP contribution in [0.2, 0.25) is 0 Å². The van der Waals surface area contributed by atoms with Crippen molar-refractivity contribution in [3.63, 3.8) is 0 Å². The van der Waals surface area contributed by atoms with E-state index in [-0.39, 0.29) is 18.3 Å². The van der Waals surface area contributed by atoms with E-state index >= 15 is 0 Å². The number of hydrogen-bond acceptors (Lipinski definition) is 5. The minimum Gasteiger partial charge on any atom is -0.493 e. The molecule has 1 heterocycles. The van der Waals surface area contributed by atoms with Crippen LogP contribution in [0, 0.1) is 5.92 Å². The van der Waals surface area contributed by atoms with Crippen molar-refractivity contribution in [2.75, 3.05) is 33.9 Å². The van der Waals surface area contributed by atoms with Crippen LogP contribution in [0.25, 0.3) is 0 Å². The average molecular weight is 387 g/mol. The van der Waals surface area contributed by atoms with Crippen LogP contribution >= 0.6 is 12.4 Å². The van der Waals surface area contributed by atoms with Gasteiger partial charge in [0.25, 0.3) is 0 Å². The molecule has 1 fully saturated rings. The highest BCUT2D eigenvalue weighted by atomic mass is 35.5. The van der Waals surface area contributed by atoms with Gasteiger partial charge in [-0.1, -0.05) is 0 Å². The molecule has 1 aliphatic rings. The van der Waals surface area contributed by atoms with E-state index in [1.807, 2.05) is 19.1 Å². The van der Waals surface area contributed by atoms with Crippen molar-refractivity contribution in [1.82, 2.24) is 10.6 Å². The molecule has 1 saturated heterocycles. The first-order chi connectivity index (χ1) is 12.2. The van der Waals surface area contributed by atoms with Gasteiger partial charge in [0.2, 0.25) is 11.7 Å². The lowest BCUT2D eigenvalue weighted by atomic mass is 9.93. The highest BCUT2D eigenvalue weighted by molar-refractivity contribution is 5.85. The molecule has 0 aliphatic carbocycles. The number of ether oxygens (including phenoxy) is 3. The predicted molar refractivity (Wildman–Crippen MR) is 105 cm³/mol. The van der Waals surface area contributed by atoms with Gasteiger partial charge in [-0.25, -0.2) is 0 Å². The van der Waals surface area contributed by atoms with Gasteiger partial charge in [-0.3, -0.25) is 4.79 Å². The monoisotopic (exact) mass is 386 g/mol. The summed E-state index contributed by atoms with van der Waals surface area (Å²) < 4.78 is 16.4. The smallest absolute Gasteiger partial charge is 0.220 e. The first kappa shape index (κ1) is 22.4. The second kappa shape index (κ2) is 11.9. The number of methoxy groups -OCH3 is 2. The Morgan fingerprint density at radius 1 is 1.19 bits per heavy atom. The molecule has 0 saturated carbocycles. The minimum absolute atomic E-state index is 0. The fourth-order valence-electron chi connectivity index (χ4n) is 3.12. The summed E-state index contributed by atoms with van der Waals surface area (Å²) >= 11 is 0. The Labute approximate surface area is 162 Å². The van der Waals surface area contributed by atoms with Gasteiger partial charge >= 0.3 is 0 Å². The molecular weight excluding hydrogens is 356 g/mol. The van der Waals surface area contributed by atoms with Crippen molar-refractivity contribution in [3.8, 4) is 17.2 Å². The van der Waals surface area contributed by atoms with Gasteiger partial charge in [-0.2, -0.15) is 0 Å². The zero-order chi connectivity index (χ0) is 18.1. The predicted octanol–water partition coefficient (Wildman–Crippen LogP) is 2.92. The fraction of sp³-hybridized carbons (Fsp3) is 0.632. The van der Waals surface area contributed by atoms with E-state index in [0.717, 1.165) is 25.1 Å². The van der Waals surface area contributed by atoms with Crippen molar-refractivity contribution in [2.45, 2.75) is 39.2 Å². The first-order valence-corrected chi connectivity index (χ1v) is 9.03. The van der Waals surface area contributed by atoms with E-state index in [1.54, 1.807) is 14.2 Å². The third kappa shape index (κ3) is 6.57. The third-order valence-electron chi connectivity index (χ3n) is 4.54. The maximum Gasteiger partial charge on any atom is 0.220 e. The van der Waals surface area contributed by atoms with Crippen molar-refractivity contribution in [1.29, 1.82) is 0 Å². The van der Waals surface area contributed by atoms with Crippen LogP contribution in [0.4, 0.5) is 0 Å². The first-order valence-electron chi connectivity index (χ1n) is 9.03. The molecule has 1 amide bonds. The summed E-state index contributed by atoms with van der Waals surface area (Å²) in [6.07, 6.45) is 3.88. The Kier molecular flexibility index (Phi) is 10.2. The summed E-state index contributed by atoms with van der Waals surface area (Å²) in [5, 5.41) is 6.34. The molecule has 148 valence electrons. The maximum absolute atomic E-state index is 12.1. The van der Waals surface area contributed by atoms with E-state index < -0.39 is 0 Å². The molecule has 2 rings (SSSR count). The number of amides is 1. The molecule has 0 aromatic heterocycles. The number of nitrogens with one attached hydrogen (secondary N) is 2. The van der Waals surface area contributed by atoms with Crippen LogP contribution in [-0.4, -0.2) is 39.8 Å². The average Bonchev–Trinajstić information content (AvgIpc) is 2.66. The van der Waals surface area contributed by atoms with Gasteiger partial charge in [0.05, 0.1) is 20.8 Å². The lowest BCUT2D eigenvalue weighted by molar-refractivity contribution is -0.121. The minimum atomic E-state index is 0. The van der Waals surface area contributed by atoms with Gasteiger partial charge in [-0.15, -0.1) is 12.4 Å². The molecule has 1 aromatic carbocycles. The van der Waals surface area contributed by atoms with Crippen molar-refractivity contribution in [2.24, 2.45) is 5.92 Å². The molecule has 0 spiro atoms. The molecular formula is C19H31ClN2O4. The largest absolute Gasteiger partial charge is 0.493 e.